The van der Waals surface area contributed by atoms with Gasteiger partial charge in [-0.2, -0.15) is 0 Å². The number of carbonyl (C=O) groups excluding carboxylic acids is 1. The van der Waals surface area contributed by atoms with E-state index in [0.717, 1.165) is 19.3 Å². The Labute approximate surface area is 137 Å². The molecule has 0 saturated heterocycles. The second-order valence-electron chi connectivity index (χ2n) is 8.57. The van der Waals surface area contributed by atoms with Crippen LogP contribution in [0.5, 0.6) is 0 Å². The average Bonchev–Trinajstić information content (AvgIpc) is 2.49. The van der Waals surface area contributed by atoms with Crippen molar-refractivity contribution in [3.05, 3.63) is 24.0 Å². The molecule has 5 atom stereocenters. The van der Waals surface area contributed by atoms with Crippen LogP contribution in [0.3, 0.4) is 0 Å². The molecule has 4 heteroatoms. The van der Waals surface area contributed by atoms with Gasteiger partial charge in [-0.15, -0.1) is 0 Å². The van der Waals surface area contributed by atoms with Crippen LogP contribution in [0.2, 0.25) is 0 Å². The van der Waals surface area contributed by atoms with Crippen molar-refractivity contribution >= 4 is 11.8 Å². The third-order valence-corrected chi connectivity index (χ3v) is 7.29. The first-order valence-corrected chi connectivity index (χ1v) is 8.43. The largest absolute Gasteiger partial charge is 0.504 e. The fourth-order valence-electron chi connectivity index (χ4n) is 5.38. The molecule has 2 saturated carbocycles. The first kappa shape index (κ1) is 16.3. The fraction of sp³-hybridized carbons (Fsp3) is 0.684. The third-order valence-electron chi connectivity index (χ3n) is 7.29. The summed E-state index contributed by atoms with van der Waals surface area (Å²) in [5.74, 6) is -0.907. The smallest absolute Gasteiger partial charge is 0.309 e. The van der Waals surface area contributed by atoms with Crippen molar-refractivity contribution in [2.24, 2.45) is 28.1 Å². The van der Waals surface area contributed by atoms with Crippen molar-refractivity contribution in [2.75, 3.05) is 0 Å². The Kier molecular flexibility index (Phi) is 3.34. The van der Waals surface area contributed by atoms with Gasteiger partial charge in [0, 0.05) is 11.0 Å². The molecule has 3 aliphatic carbocycles. The first-order valence-electron chi connectivity index (χ1n) is 8.43. The van der Waals surface area contributed by atoms with Gasteiger partial charge in [0.15, 0.2) is 5.76 Å². The molecule has 4 nitrogen and oxygen atoms in total. The van der Waals surface area contributed by atoms with E-state index >= 15 is 0 Å². The van der Waals surface area contributed by atoms with Crippen molar-refractivity contribution in [1.82, 2.24) is 0 Å². The lowest BCUT2D eigenvalue weighted by Gasteiger charge is -2.60. The van der Waals surface area contributed by atoms with E-state index in [-0.39, 0.29) is 28.3 Å². The molecule has 3 rings (SSSR count). The molecule has 2 N–H and O–H groups in total. The van der Waals surface area contributed by atoms with Crippen LogP contribution in [-0.2, 0) is 9.59 Å². The van der Waals surface area contributed by atoms with Crippen LogP contribution in [0, 0.1) is 28.1 Å². The molecule has 2 fully saturated rings. The summed E-state index contributed by atoms with van der Waals surface area (Å²) in [6.07, 6.45) is 5.56. The van der Waals surface area contributed by atoms with Gasteiger partial charge in [0.2, 0.25) is 5.78 Å². The highest BCUT2D eigenvalue weighted by atomic mass is 16.4. The summed E-state index contributed by atoms with van der Waals surface area (Å²) in [4.78, 5) is 23.8. The lowest BCUT2D eigenvalue weighted by Crippen LogP contribution is -2.55. The maximum Gasteiger partial charge on any atom is 0.309 e. The quantitative estimate of drug-likeness (QED) is 0.719. The second-order valence-corrected chi connectivity index (χ2v) is 8.57. The molecule has 3 aliphatic rings. The fourth-order valence-corrected chi connectivity index (χ4v) is 5.38. The number of hydrogen-bond acceptors (Lipinski definition) is 3. The molecule has 0 aromatic carbocycles. The number of Topliss-reactive ketones (excluding diaryl/α,β-unsaturated/α-hetero) is 1. The predicted molar refractivity (Wildman–Crippen MR) is 86.9 cm³/mol. The van der Waals surface area contributed by atoms with E-state index in [1.54, 1.807) is 6.08 Å². The molecule has 0 bridgehead atoms. The molecule has 23 heavy (non-hydrogen) atoms. The van der Waals surface area contributed by atoms with Crippen LogP contribution < -0.4 is 0 Å². The minimum atomic E-state index is -0.713. The van der Waals surface area contributed by atoms with E-state index in [9.17, 15) is 19.8 Å². The number of carbonyl (C=O) groups is 2. The van der Waals surface area contributed by atoms with Crippen molar-refractivity contribution < 1.29 is 19.8 Å². The molecular weight excluding hydrogens is 292 g/mol. The lowest BCUT2D eigenvalue weighted by molar-refractivity contribution is -0.158. The van der Waals surface area contributed by atoms with Gasteiger partial charge in [-0.3, -0.25) is 9.59 Å². The Hall–Kier alpha value is -1.58. The Morgan fingerprint density at radius 2 is 1.91 bits per heavy atom. The summed E-state index contributed by atoms with van der Waals surface area (Å²) in [7, 11) is 0. The minimum absolute atomic E-state index is 0.0392. The SMILES string of the molecule is C=C1C(=O)C(O)=C[C@@H]2[C@@]3(C)CC[C@](C)(C(=O)O)C[C@@H]3CC[C@]12C. The Morgan fingerprint density at radius 1 is 1.26 bits per heavy atom. The molecule has 0 aromatic rings. The van der Waals surface area contributed by atoms with Gasteiger partial charge < -0.3 is 10.2 Å². The van der Waals surface area contributed by atoms with Crippen molar-refractivity contribution in [3.8, 4) is 0 Å². The van der Waals surface area contributed by atoms with Crippen LogP contribution in [0.15, 0.2) is 24.0 Å². The highest BCUT2D eigenvalue weighted by Gasteiger charge is 2.60. The molecular formula is C19H26O4. The van der Waals surface area contributed by atoms with Crippen LogP contribution >= 0.6 is 0 Å². The number of rotatable bonds is 1. The molecule has 0 radical (unpaired) electrons. The topological polar surface area (TPSA) is 74.6 Å². The van der Waals surface area contributed by atoms with Gasteiger partial charge >= 0.3 is 5.97 Å². The lowest BCUT2D eigenvalue weighted by atomic mass is 9.43. The third kappa shape index (κ3) is 2.03. The van der Waals surface area contributed by atoms with Crippen molar-refractivity contribution in [3.63, 3.8) is 0 Å². The van der Waals surface area contributed by atoms with E-state index in [2.05, 4.69) is 20.4 Å². The zero-order valence-corrected chi connectivity index (χ0v) is 14.2. The number of allylic oxidation sites excluding steroid dienone is 2. The Bertz CT molecular complexity index is 633. The normalized spacial score (nSPS) is 46.7. The predicted octanol–water partition coefficient (Wildman–Crippen LogP) is 3.88. The Balaban J connectivity index is 2.02. The molecule has 0 amide bonds. The summed E-state index contributed by atoms with van der Waals surface area (Å²) in [6.45, 7) is 10.1. The van der Waals surface area contributed by atoms with Gasteiger partial charge in [0.05, 0.1) is 5.41 Å². The van der Waals surface area contributed by atoms with Gasteiger partial charge in [-0.05, 0) is 62.4 Å². The van der Waals surface area contributed by atoms with E-state index in [4.69, 9.17) is 0 Å². The van der Waals surface area contributed by atoms with Crippen molar-refractivity contribution in [1.29, 1.82) is 0 Å². The van der Waals surface area contributed by atoms with E-state index in [1.807, 2.05) is 6.92 Å². The van der Waals surface area contributed by atoms with E-state index < -0.39 is 11.4 Å². The second kappa shape index (κ2) is 4.71. The van der Waals surface area contributed by atoms with Crippen LogP contribution in [0.1, 0.15) is 52.9 Å². The number of carboxylic acids is 1. The Morgan fingerprint density at radius 3 is 2.52 bits per heavy atom. The maximum atomic E-state index is 12.1. The number of aliphatic carboxylic acids is 1. The summed E-state index contributed by atoms with van der Waals surface area (Å²) >= 11 is 0. The molecule has 126 valence electrons. The number of fused-ring (bicyclic) bond motifs is 3. The average molecular weight is 318 g/mol. The summed E-state index contributed by atoms with van der Waals surface area (Å²) in [5, 5.41) is 19.6. The standard InChI is InChI=1S/C19H26O4/c1-11-15(21)13(20)9-14-18(11,3)6-5-12-10-17(2,16(22)23)7-8-19(12,14)4/h9,12,14,20H,1,5-8,10H2,2-4H3,(H,22,23)/t12-,14-,17-,18+,19-/m0/s1. The number of ketones is 1. The summed E-state index contributed by atoms with van der Waals surface area (Å²) in [6, 6.07) is 0. The first-order chi connectivity index (χ1) is 10.5. The van der Waals surface area contributed by atoms with Crippen molar-refractivity contribution in [2.45, 2.75) is 52.9 Å². The molecule has 0 unspecified atom stereocenters. The zero-order valence-electron chi connectivity index (χ0n) is 14.2. The van der Waals surface area contributed by atoms with Crippen LogP contribution in [0.4, 0.5) is 0 Å². The molecule has 0 aromatic heterocycles. The number of aliphatic hydroxyl groups is 1. The zero-order chi connectivity index (χ0) is 17.2. The van der Waals surface area contributed by atoms with Gasteiger partial charge in [-0.25, -0.2) is 0 Å². The van der Waals surface area contributed by atoms with Crippen LogP contribution in [0.25, 0.3) is 0 Å². The number of carboxylic acid groups (broad SMARTS) is 1. The van der Waals surface area contributed by atoms with Gasteiger partial charge in [0.1, 0.15) is 0 Å². The molecule has 0 aliphatic heterocycles. The molecule has 0 heterocycles. The minimum Gasteiger partial charge on any atom is -0.504 e. The van der Waals surface area contributed by atoms with E-state index in [1.165, 1.54) is 0 Å². The highest BCUT2D eigenvalue weighted by Crippen LogP contribution is 2.65. The number of hydrogen-bond donors (Lipinski definition) is 2. The summed E-state index contributed by atoms with van der Waals surface area (Å²) in [5.41, 5.74) is -0.579. The van der Waals surface area contributed by atoms with Gasteiger partial charge in [-0.1, -0.05) is 20.4 Å². The summed E-state index contributed by atoms with van der Waals surface area (Å²) < 4.78 is 0. The highest BCUT2D eigenvalue weighted by molar-refractivity contribution is 6.08. The maximum absolute atomic E-state index is 12.1. The monoisotopic (exact) mass is 318 g/mol. The van der Waals surface area contributed by atoms with Crippen LogP contribution in [-0.4, -0.2) is 22.0 Å². The van der Waals surface area contributed by atoms with E-state index in [0.29, 0.717) is 24.3 Å². The number of aliphatic hydroxyl groups excluding tert-OH is 1. The molecule has 0 spiro atoms. The van der Waals surface area contributed by atoms with Gasteiger partial charge in [0.25, 0.3) is 0 Å².